The van der Waals surface area contributed by atoms with E-state index in [-0.39, 0.29) is 17.8 Å². The van der Waals surface area contributed by atoms with Gasteiger partial charge < -0.3 is 18.9 Å². The number of carbonyl (C=O) groups is 2. The van der Waals surface area contributed by atoms with E-state index in [1.54, 1.807) is 0 Å². The summed E-state index contributed by atoms with van der Waals surface area (Å²) >= 11 is 0. The van der Waals surface area contributed by atoms with E-state index in [4.69, 9.17) is 9.47 Å². The molecular weight excluding hydrogens is 476 g/mol. The van der Waals surface area contributed by atoms with Crippen LogP contribution in [0, 0.1) is 12.3 Å². The average Bonchev–Trinajstić information content (AvgIpc) is 3.63. The maximum absolute atomic E-state index is 14.2. The predicted octanol–water partition coefficient (Wildman–Crippen LogP) is 5.80. The highest BCUT2D eigenvalue weighted by Crippen LogP contribution is 2.66. The smallest absolute Gasteiger partial charge is 0.337 e. The Kier molecular flexibility index (Phi) is 5.66. The van der Waals surface area contributed by atoms with Crippen LogP contribution in [0.1, 0.15) is 77.4 Å². The van der Waals surface area contributed by atoms with Gasteiger partial charge in [0, 0.05) is 42.0 Å². The molecule has 2 aromatic carbocycles. The first-order valence-corrected chi connectivity index (χ1v) is 14.2. The van der Waals surface area contributed by atoms with Gasteiger partial charge in [-0.3, -0.25) is 4.79 Å². The van der Waals surface area contributed by atoms with E-state index in [0.29, 0.717) is 44.3 Å². The third kappa shape index (κ3) is 3.56. The molecule has 3 aromatic rings. The van der Waals surface area contributed by atoms with Crippen LogP contribution in [-0.4, -0.2) is 54.8 Å². The fourth-order valence-corrected chi connectivity index (χ4v) is 7.62. The van der Waals surface area contributed by atoms with E-state index in [1.165, 1.54) is 72.5 Å². The third-order valence-corrected chi connectivity index (χ3v) is 9.62. The summed E-state index contributed by atoms with van der Waals surface area (Å²) in [4.78, 5) is 28.8. The van der Waals surface area contributed by atoms with Crippen LogP contribution in [0.3, 0.4) is 0 Å². The van der Waals surface area contributed by atoms with Gasteiger partial charge in [0.05, 0.1) is 37.0 Å². The quantitative estimate of drug-likeness (QED) is 0.417. The molecule has 1 saturated heterocycles. The van der Waals surface area contributed by atoms with Crippen LogP contribution >= 0.6 is 0 Å². The van der Waals surface area contributed by atoms with Gasteiger partial charge in [-0.2, -0.15) is 0 Å². The number of benzene rings is 2. The maximum atomic E-state index is 14.2. The molecule has 2 aliphatic carbocycles. The number of rotatable bonds is 3. The van der Waals surface area contributed by atoms with Gasteiger partial charge in [-0.25, -0.2) is 4.79 Å². The monoisotopic (exact) mass is 512 g/mol. The van der Waals surface area contributed by atoms with Gasteiger partial charge in [-0.15, -0.1) is 0 Å². The minimum Gasteiger partial charge on any atom is -0.465 e. The van der Waals surface area contributed by atoms with E-state index in [2.05, 4.69) is 35.8 Å². The summed E-state index contributed by atoms with van der Waals surface area (Å²) in [6.07, 6.45) is 7.04. The Labute approximate surface area is 223 Å². The van der Waals surface area contributed by atoms with Gasteiger partial charge in [-0.05, 0) is 55.4 Å². The molecule has 0 bridgehead atoms. The highest BCUT2D eigenvalue weighted by Gasteiger charge is 2.63. The molecule has 6 nitrogen and oxygen atoms in total. The van der Waals surface area contributed by atoms with Crippen molar-refractivity contribution >= 4 is 22.8 Å². The number of aromatic nitrogens is 1. The predicted molar refractivity (Wildman–Crippen MR) is 146 cm³/mol. The number of nitrogens with zero attached hydrogens (tertiary/aromatic N) is 2. The molecule has 38 heavy (non-hydrogen) atoms. The van der Waals surface area contributed by atoms with E-state index in [9.17, 15) is 9.59 Å². The zero-order chi connectivity index (χ0) is 26.0. The second kappa shape index (κ2) is 8.98. The lowest BCUT2D eigenvalue weighted by molar-refractivity contribution is -0.141. The molecule has 2 aliphatic heterocycles. The van der Waals surface area contributed by atoms with Crippen molar-refractivity contribution in [1.29, 1.82) is 0 Å². The van der Waals surface area contributed by atoms with E-state index in [0.717, 1.165) is 11.9 Å². The number of methoxy groups -OCH3 is 1. The topological polar surface area (TPSA) is 60.8 Å². The number of aryl methyl sites for hydroxylation is 1. The number of amides is 1. The molecule has 4 aliphatic rings. The molecule has 3 heterocycles. The highest BCUT2D eigenvalue weighted by atomic mass is 16.5. The van der Waals surface area contributed by atoms with Gasteiger partial charge >= 0.3 is 5.97 Å². The summed E-state index contributed by atoms with van der Waals surface area (Å²) in [5.74, 6) is 0.637. The summed E-state index contributed by atoms with van der Waals surface area (Å²) in [7, 11) is 1.43. The Balaban J connectivity index is 1.48. The highest BCUT2D eigenvalue weighted by molar-refractivity contribution is 6.00. The van der Waals surface area contributed by atoms with Gasteiger partial charge in [0.1, 0.15) is 0 Å². The van der Waals surface area contributed by atoms with Crippen molar-refractivity contribution in [2.45, 2.75) is 63.8 Å². The first-order valence-electron chi connectivity index (χ1n) is 14.2. The van der Waals surface area contributed by atoms with Crippen molar-refractivity contribution in [2.75, 3.05) is 33.4 Å². The largest absolute Gasteiger partial charge is 0.465 e. The van der Waals surface area contributed by atoms with Crippen LogP contribution in [0.25, 0.3) is 22.2 Å². The minimum absolute atomic E-state index is 0.214. The van der Waals surface area contributed by atoms with Gasteiger partial charge in [0.25, 0.3) is 0 Å². The van der Waals surface area contributed by atoms with E-state index < -0.39 is 5.41 Å². The molecule has 3 fully saturated rings. The van der Waals surface area contributed by atoms with Crippen molar-refractivity contribution in [3.05, 3.63) is 58.7 Å². The second-order valence-corrected chi connectivity index (χ2v) is 11.8. The molecule has 198 valence electrons. The molecular formula is C32H36N2O4. The molecule has 1 amide bonds. The van der Waals surface area contributed by atoms with E-state index >= 15 is 0 Å². The Morgan fingerprint density at radius 1 is 1.03 bits per heavy atom. The molecule has 1 aromatic heterocycles. The normalized spacial score (nSPS) is 24.8. The molecule has 2 atom stereocenters. The maximum Gasteiger partial charge on any atom is 0.337 e. The minimum atomic E-state index is -0.456. The van der Waals surface area contributed by atoms with Crippen LogP contribution in [0.2, 0.25) is 0 Å². The standard InChI is InChI=1S/C32H36N2O4/c1-20-8-10-23-25(16-20)26-18-32(26,31(36)33-12-14-38-15-13-33)19-34-27-17-22(30(35)37-2)9-11-24(27)28(29(23)34)21-6-4-3-5-7-21/h8-11,16-17,21,26H,3-7,12-15,18-19H2,1-2H3. The van der Waals surface area contributed by atoms with Crippen molar-refractivity contribution in [3.8, 4) is 11.3 Å². The lowest BCUT2D eigenvalue weighted by atomic mass is 9.81. The lowest BCUT2D eigenvalue weighted by Gasteiger charge is -2.31. The molecule has 6 heteroatoms. The summed E-state index contributed by atoms with van der Waals surface area (Å²) in [6, 6.07) is 12.9. The van der Waals surface area contributed by atoms with Crippen LogP contribution in [0.15, 0.2) is 36.4 Å². The molecule has 0 radical (unpaired) electrons. The second-order valence-electron chi connectivity index (χ2n) is 11.8. The number of ether oxygens (including phenoxy) is 2. The zero-order valence-corrected chi connectivity index (χ0v) is 22.4. The molecule has 2 unspecified atom stereocenters. The van der Waals surface area contributed by atoms with Crippen LogP contribution in [-0.2, 0) is 20.8 Å². The SMILES string of the molecule is COC(=O)c1ccc2c(C3CCCCC3)c3n(c2c1)CC1(C(=O)N2CCOCC2)CC1c1cc(C)ccc1-3. The molecule has 7 rings (SSSR count). The summed E-state index contributed by atoms with van der Waals surface area (Å²) < 4.78 is 13.1. The number of hydrogen-bond acceptors (Lipinski definition) is 4. The average molecular weight is 513 g/mol. The number of morpholine rings is 1. The Bertz CT molecular complexity index is 1440. The van der Waals surface area contributed by atoms with Gasteiger partial charge in [0.2, 0.25) is 5.91 Å². The van der Waals surface area contributed by atoms with Crippen molar-refractivity contribution in [2.24, 2.45) is 5.41 Å². The van der Waals surface area contributed by atoms with Crippen LogP contribution in [0.5, 0.6) is 0 Å². The number of carbonyl (C=O) groups excluding carboxylic acids is 2. The van der Waals surface area contributed by atoms with Crippen molar-refractivity contribution in [1.82, 2.24) is 9.47 Å². The van der Waals surface area contributed by atoms with E-state index in [1.807, 2.05) is 17.0 Å². The van der Waals surface area contributed by atoms with Gasteiger partial charge in [-0.1, -0.05) is 49.1 Å². The number of hydrogen-bond donors (Lipinski definition) is 0. The Hall–Kier alpha value is -3.12. The van der Waals surface area contributed by atoms with Crippen LogP contribution < -0.4 is 0 Å². The fourth-order valence-electron chi connectivity index (χ4n) is 7.62. The first-order chi connectivity index (χ1) is 18.5. The zero-order valence-electron chi connectivity index (χ0n) is 22.4. The van der Waals surface area contributed by atoms with Gasteiger partial charge in [0.15, 0.2) is 0 Å². The summed E-state index contributed by atoms with van der Waals surface area (Å²) in [5, 5.41) is 1.22. The number of fused-ring (bicyclic) bond motifs is 7. The lowest BCUT2D eigenvalue weighted by Crippen LogP contribution is -2.45. The van der Waals surface area contributed by atoms with Crippen molar-refractivity contribution < 1.29 is 19.1 Å². The van der Waals surface area contributed by atoms with Crippen molar-refractivity contribution in [3.63, 3.8) is 0 Å². The first kappa shape index (κ1) is 24.0. The Morgan fingerprint density at radius 3 is 2.58 bits per heavy atom. The summed E-state index contributed by atoms with van der Waals surface area (Å²) in [5.41, 5.74) is 7.66. The molecule has 0 spiro atoms. The number of esters is 1. The fraction of sp³-hybridized carbons (Fsp3) is 0.500. The van der Waals surface area contributed by atoms with Crippen LogP contribution in [0.4, 0.5) is 0 Å². The molecule has 0 N–H and O–H groups in total. The summed E-state index contributed by atoms with van der Waals surface area (Å²) in [6.45, 7) is 5.33. The molecule has 2 saturated carbocycles. The Morgan fingerprint density at radius 2 is 1.82 bits per heavy atom. The third-order valence-electron chi connectivity index (χ3n) is 9.62.